The van der Waals surface area contributed by atoms with E-state index in [0.29, 0.717) is 22.6 Å². The SMILES string of the molecule is N#CN1[C@H]2CC[C@@H]1[C@H](NC(=O)C1CCCCN(c3cc(Cl)cc(Cl)c3)C1)C2. The predicted molar refractivity (Wildman–Crippen MR) is 107 cm³/mol. The van der Waals surface area contributed by atoms with Crippen LogP contribution in [-0.4, -0.2) is 42.0 Å². The van der Waals surface area contributed by atoms with Gasteiger partial charge in [-0.2, -0.15) is 5.26 Å². The molecule has 3 aliphatic heterocycles. The highest BCUT2D eigenvalue weighted by atomic mass is 35.5. The normalized spacial score (nSPS) is 30.1. The molecule has 3 aliphatic rings. The van der Waals surface area contributed by atoms with Crippen LogP contribution in [0.25, 0.3) is 0 Å². The van der Waals surface area contributed by atoms with Crippen LogP contribution < -0.4 is 10.2 Å². The molecular formula is C20H24Cl2N4O. The average Bonchev–Trinajstić information content (AvgIpc) is 3.06. The Balaban J connectivity index is 1.43. The van der Waals surface area contributed by atoms with Crippen molar-refractivity contribution in [1.29, 1.82) is 5.26 Å². The van der Waals surface area contributed by atoms with E-state index in [2.05, 4.69) is 16.4 Å². The maximum atomic E-state index is 13.0. The van der Waals surface area contributed by atoms with E-state index in [9.17, 15) is 10.1 Å². The molecule has 0 saturated carbocycles. The fourth-order valence-electron chi connectivity index (χ4n) is 4.91. The van der Waals surface area contributed by atoms with Crippen molar-refractivity contribution in [3.8, 4) is 6.19 Å². The summed E-state index contributed by atoms with van der Waals surface area (Å²) in [6.07, 6.45) is 8.23. The quantitative estimate of drug-likeness (QED) is 0.775. The molecule has 3 heterocycles. The van der Waals surface area contributed by atoms with Crippen LogP contribution in [0.2, 0.25) is 10.0 Å². The lowest BCUT2D eigenvalue weighted by Crippen LogP contribution is -2.47. The van der Waals surface area contributed by atoms with E-state index in [4.69, 9.17) is 23.2 Å². The smallest absolute Gasteiger partial charge is 0.225 e. The second kappa shape index (κ2) is 7.77. The van der Waals surface area contributed by atoms with Gasteiger partial charge in [-0.25, -0.2) is 0 Å². The van der Waals surface area contributed by atoms with Crippen LogP contribution in [0.15, 0.2) is 18.2 Å². The zero-order chi connectivity index (χ0) is 19.0. The molecule has 1 unspecified atom stereocenters. The first kappa shape index (κ1) is 18.7. The topological polar surface area (TPSA) is 59.4 Å². The zero-order valence-electron chi connectivity index (χ0n) is 15.2. The van der Waals surface area contributed by atoms with Gasteiger partial charge in [-0.1, -0.05) is 29.6 Å². The third kappa shape index (κ3) is 3.83. The number of benzene rings is 1. The minimum atomic E-state index is -0.0556. The molecule has 144 valence electrons. The Bertz CT molecular complexity index is 745. The van der Waals surface area contributed by atoms with Crippen molar-refractivity contribution >= 4 is 34.8 Å². The van der Waals surface area contributed by atoms with Crippen molar-refractivity contribution in [2.45, 2.75) is 56.7 Å². The number of hydrogen-bond donors (Lipinski definition) is 1. The summed E-state index contributed by atoms with van der Waals surface area (Å²) < 4.78 is 0. The molecule has 1 aromatic rings. The first-order valence-electron chi connectivity index (χ1n) is 9.74. The maximum Gasteiger partial charge on any atom is 0.225 e. The summed E-state index contributed by atoms with van der Waals surface area (Å²) in [7, 11) is 0. The molecule has 5 nitrogen and oxygen atoms in total. The van der Waals surface area contributed by atoms with E-state index in [0.717, 1.165) is 50.8 Å². The van der Waals surface area contributed by atoms with Crippen LogP contribution >= 0.6 is 23.2 Å². The molecule has 4 rings (SSSR count). The highest BCUT2D eigenvalue weighted by molar-refractivity contribution is 6.35. The Labute approximate surface area is 170 Å². The molecule has 7 heteroatoms. The molecule has 1 aromatic carbocycles. The number of carbonyl (C=O) groups is 1. The van der Waals surface area contributed by atoms with Crippen molar-refractivity contribution in [3.63, 3.8) is 0 Å². The van der Waals surface area contributed by atoms with Gasteiger partial charge in [0.1, 0.15) is 0 Å². The lowest BCUT2D eigenvalue weighted by Gasteiger charge is -2.28. The second-order valence-corrected chi connectivity index (χ2v) is 8.80. The van der Waals surface area contributed by atoms with Crippen molar-refractivity contribution in [3.05, 3.63) is 28.2 Å². The molecule has 1 amide bonds. The number of fused-ring (bicyclic) bond motifs is 2. The molecule has 3 saturated heterocycles. The van der Waals surface area contributed by atoms with Crippen LogP contribution in [0.3, 0.4) is 0 Å². The second-order valence-electron chi connectivity index (χ2n) is 7.92. The summed E-state index contributed by atoms with van der Waals surface area (Å²) in [4.78, 5) is 17.1. The standard InChI is InChI=1S/C20H24Cl2N4O/c21-14-7-15(22)9-17(8-14)25-6-2-1-3-13(11-25)20(27)24-18-10-16-4-5-19(18)26(16)12-23/h7-9,13,16,18-19H,1-6,10-11H2,(H,24,27)/t13?,16-,18+,19+/m0/s1. The van der Waals surface area contributed by atoms with Crippen molar-refractivity contribution in [1.82, 2.24) is 10.2 Å². The van der Waals surface area contributed by atoms with Crippen LogP contribution in [0.5, 0.6) is 0 Å². The van der Waals surface area contributed by atoms with E-state index in [1.54, 1.807) is 6.07 Å². The molecule has 4 atom stereocenters. The maximum absolute atomic E-state index is 13.0. The molecule has 0 aliphatic carbocycles. The summed E-state index contributed by atoms with van der Waals surface area (Å²) in [5, 5.41) is 13.8. The number of rotatable bonds is 3. The van der Waals surface area contributed by atoms with Crippen molar-refractivity contribution < 1.29 is 4.79 Å². The molecule has 0 radical (unpaired) electrons. The Morgan fingerprint density at radius 1 is 1.15 bits per heavy atom. The minimum absolute atomic E-state index is 0.0556. The number of nitrogens with one attached hydrogen (secondary N) is 1. The highest BCUT2D eigenvalue weighted by Crippen LogP contribution is 2.37. The van der Waals surface area contributed by atoms with Crippen LogP contribution in [-0.2, 0) is 4.79 Å². The Kier molecular flexibility index (Phi) is 5.39. The molecule has 27 heavy (non-hydrogen) atoms. The van der Waals surface area contributed by atoms with Gasteiger partial charge in [0, 0.05) is 34.9 Å². The van der Waals surface area contributed by atoms with Gasteiger partial charge >= 0.3 is 0 Å². The predicted octanol–water partition coefficient (Wildman–Crippen LogP) is 3.80. The van der Waals surface area contributed by atoms with E-state index in [1.165, 1.54) is 0 Å². The summed E-state index contributed by atoms with van der Waals surface area (Å²) in [5.74, 6) is 0.0605. The first-order chi connectivity index (χ1) is 13.0. The van der Waals surface area contributed by atoms with Gasteiger partial charge in [-0.15, -0.1) is 0 Å². The van der Waals surface area contributed by atoms with Crippen LogP contribution in [0.1, 0.15) is 38.5 Å². The van der Waals surface area contributed by atoms with E-state index < -0.39 is 0 Å². The lowest BCUT2D eigenvalue weighted by atomic mass is 9.94. The summed E-state index contributed by atoms with van der Waals surface area (Å²) >= 11 is 12.3. The van der Waals surface area contributed by atoms with E-state index >= 15 is 0 Å². The number of nitrogens with zero attached hydrogens (tertiary/aromatic N) is 3. The van der Waals surface area contributed by atoms with Crippen molar-refractivity contribution in [2.24, 2.45) is 5.92 Å². The van der Waals surface area contributed by atoms with E-state index in [1.807, 2.05) is 17.0 Å². The van der Waals surface area contributed by atoms with Gasteiger partial charge in [-0.05, 0) is 50.3 Å². The largest absolute Gasteiger partial charge is 0.371 e. The van der Waals surface area contributed by atoms with Gasteiger partial charge in [0.25, 0.3) is 0 Å². The molecule has 0 aromatic heterocycles. The monoisotopic (exact) mass is 406 g/mol. The summed E-state index contributed by atoms with van der Waals surface area (Å²) in [6.45, 7) is 1.57. The van der Waals surface area contributed by atoms with Gasteiger partial charge in [-0.3, -0.25) is 4.79 Å². The molecule has 3 fully saturated rings. The number of nitriles is 1. The molecule has 2 bridgehead atoms. The number of amides is 1. The third-order valence-corrected chi connectivity index (χ3v) is 6.67. The zero-order valence-corrected chi connectivity index (χ0v) is 16.7. The first-order valence-corrected chi connectivity index (χ1v) is 10.5. The van der Waals surface area contributed by atoms with Crippen molar-refractivity contribution in [2.75, 3.05) is 18.0 Å². The summed E-state index contributed by atoms with van der Waals surface area (Å²) in [6, 6.07) is 6.14. The summed E-state index contributed by atoms with van der Waals surface area (Å²) in [5.41, 5.74) is 0.975. The Morgan fingerprint density at radius 2 is 1.93 bits per heavy atom. The van der Waals surface area contributed by atoms with Crippen LogP contribution in [0.4, 0.5) is 5.69 Å². The number of halogens is 2. The van der Waals surface area contributed by atoms with Gasteiger partial charge < -0.3 is 15.1 Å². The van der Waals surface area contributed by atoms with Gasteiger partial charge in [0.2, 0.25) is 5.91 Å². The molecule has 1 N–H and O–H groups in total. The Morgan fingerprint density at radius 3 is 2.63 bits per heavy atom. The highest BCUT2D eigenvalue weighted by Gasteiger charge is 2.47. The third-order valence-electron chi connectivity index (χ3n) is 6.23. The molecule has 0 spiro atoms. The number of hydrogen-bond acceptors (Lipinski definition) is 4. The molecular weight excluding hydrogens is 383 g/mol. The van der Waals surface area contributed by atoms with Gasteiger partial charge in [0.05, 0.1) is 18.0 Å². The minimum Gasteiger partial charge on any atom is -0.371 e. The fourth-order valence-corrected chi connectivity index (χ4v) is 5.43. The number of carbonyl (C=O) groups excluding carboxylic acids is 1. The Hall–Kier alpha value is -1.64. The van der Waals surface area contributed by atoms with Gasteiger partial charge in [0.15, 0.2) is 6.19 Å². The van der Waals surface area contributed by atoms with E-state index in [-0.39, 0.29) is 23.9 Å². The van der Waals surface area contributed by atoms with Crippen LogP contribution in [0, 0.1) is 17.4 Å². The lowest BCUT2D eigenvalue weighted by molar-refractivity contribution is -0.125. The number of anilines is 1. The average molecular weight is 407 g/mol. The fraction of sp³-hybridized carbons (Fsp3) is 0.600.